The molecular weight excluding hydrogens is 906 g/mol. The summed E-state index contributed by atoms with van der Waals surface area (Å²) < 4.78 is 12.0. The second kappa shape index (κ2) is 21.9. The van der Waals surface area contributed by atoms with E-state index in [0.717, 1.165) is 16.9 Å². The van der Waals surface area contributed by atoms with Gasteiger partial charge in [-0.1, -0.05) is 24.3 Å². The van der Waals surface area contributed by atoms with Crippen molar-refractivity contribution in [3.63, 3.8) is 0 Å². The van der Waals surface area contributed by atoms with Gasteiger partial charge in [-0.2, -0.15) is 0 Å². The Kier molecular flexibility index (Phi) is 16.1. The molecule has 0 bridgehead atoms. The standard InChI is InChI=1S/C45H60BrN9O10/c1-27-22-28(23-32(46)40(27)65-43-39(59)38(58)37(57)36(26-56)64-43)24-35(51-44(62)54-16-11-31(12-17-54)55-25-29-6-2-3-7-33(29)50-45(55)63)41(60)49-34(8-4-5-13-47)42(61)53-20-18-52(19-21-53)30-9-14-48-15-10-30/h2-3,6-7,9-10,14-15,22-23,31,34-39,43,56-59H,4-5,8,11-13,16-21,24-26,47H2,1H3,(H,49,60)(H,50,63)(H,51,62)/t34-,35+,36?,37+,38-,39?,43+/m0/s1. The number of unbranched alkanes of at least 4 members (excludes halogenated alkanes) is 1. The lowest BCUT2D eigenvalue weighted by molar-refractivity contribution is -0.277. The molecule has 4 aliphatic heterocycles. The molecule has 0 radical (unpaired) electrons. The lowest BCUT2D eigenvalue weighted by Crippen LogP contribution is -2.60. The molecule has 2 aromatic carbocycles. The van der Waals surface area contributed by atoms with Crippen molar-refractivity contribution >= 4 is 51.2 Å². The number of hydrogen-bond donors (Lipinski definition) is 8. The molecule has 3 saturated heterocycles. The Morgan fingerprint density at radius 3 is 2.35 bits per heavy atom. The van der Waals surface area contributed by atoms with Crippen LogP contribution in [0.4, 0.5) is 21.0 Å². The number of hydrogen-bond acceptors (Lipinski definition) is 13. The Morgan fingerprint density at radius 1 is 0.938 bits per heavy atom. The highest BCUT2D eigenvalue weighted by atomic mass is 79.9. The molecule has 0 spiro atoms. The first-order valence-corrected chi connectivity index (χ1v) is 23.1. The Hall–Kier alpha value is -5.09. The van der Waals surface area contributed by atoms with Gasteiger partial charge in [0.15, 0.2) is 0 Å². The van der Waals surface area contributed by atoms with Crippen LogP contribution in [0.15, 0.2) is 65.4 Å². The summed E-state index contributed by atoms with van der Waals surface area (Å²) in [6.07, 6.45) is -1.28. The predicted octanol–water partition coefficient (Wildman–Crippen LogP) is 1.43. The number of fused-ring (bicyclic) bond motifs is 1. The highest BCUT2D eigenvalue weighted by Crippen LogP contribution is 2.34. The van der Waals surface area contributed by atoms with E-state index in [2.05, 4.69) is 41.8 Å². The average molecular weight is 967 g/mol. The molecule has 7 atom stereocenters. The topological polar surface area (TPSA) is 256 Å². The highest BCUT2D eigenvalue weighted by Gasteiger charge is 2.45. The van der Waals surface area contributed by atoms with Gasteiger partial charge < -0.3 is 71.2 Å². The molecule has 1 aromatic heterocycles. The van der Waals surface area contributed by atoms with Crippen LogP contribution in [0.5, 0.6) is 5.75 Å². The molecule has 6 amide bonds. The normalized spacial score (nSPS) is 23.6. The maximum absolute atomic E-state index is 14.5. The van der Waals surface area contributed by atoms with E-state index in [1.54, 1.807) is 46.1 Å². The second-order valence-electron chi connectivity index (χ2n) is 17.0. The first-order valence-electron chi connectivity index (χ1n) is 22.3. The number of nitrogens with zero attached hydrogens (tertiary/aromatic N) is 5. The van der Waals surface area contributed by atoms with Crippen molar-refractivity contribution in [1.82, 2.24) is 30.3 Å². The summed E-state index contributed by atoms with van der Waals surface area (Å²) in [5, 5.41) is 49.8. The van der Waals surface area contributed by atoms with E-state index in [0.29, 0.717) is 100 Å². The van der Waals surface area contributed by atoms with Crippen molar-refractivity contribution in [2.75, 3.05) is 62.6 Å². The zero-order valence-corrected chi connectivity index (χ0v) is 38.0. The summed E-state index contributed by atoms with van der Waals surface area (Å²) in [5.41, 5.74) is 9.81. The largest absolute Gasteiger partial charge is 0.461 e. The number of ether oxygens (including phenoxy) is 2. The van der Waals surface area contributed by atoms with E-state index >= 15 is 0 Å². The van der Waals surface area contributed by atoms with Gasteiger partial charge >= 0.3 is 12.1 Å². The number of piperazine rings is 1. The zero-order valence-electron chi connectivity index (χ0n) is 36.4. The van der Waals surface area contributed by atoms with Crippen LogP contribution >= 0.6 is 15.9 Å². The van der Waals surface area contributed by atoms with Gasteiger partial charge in [0.1, 0.15) is 42.2 Å². The number of aliphatic hydroxyl groups is 4. The summed E-state index contributed by atoms with van der Waals surface area (Å²) in [6, 6.07) is 12.2. The van der Waals surface area contributed by atoms with Gasteiger partial charge in [-0.05, 0) is 102 Å². The second-order valence-corrected chi connectivity index (χ2v) is 17.9. The number of nitrogens with two attached hydrogens (primary N) is 1. The number of carbonyl (C=O) groups is 4. The molecular formula is C45H60BrN9O10. The summed E-state index contributed by atoms with van der Waals surface area (Å²) in [6.45, 7) is 4.81. The Balaban J connectivity index is 1.07. The fraction of sp³-hybridized carbons (Fsp3) is 0.533. The van der Waals surface area contributed by atoms with E-state index in [1.807, 2.05) is 36.4 Å². The maximum Gasteiger partial charge on any atom is 0.322 e. The summed E-state index contributed by atoms with van der Waals surface area (Å²) in [5.74, 6) is -0.519. The van der Waals surface area contributed by atoms with Crippen LogP contribution in [-0.4, -0.2) is 165 Å². The number of amides is 6. The third-order valence-electron chi connectivity index (χ3n) is 12.7. The Morgan fingerprint density at radius 2 is 1.66 bits per heavy atom. The van der Waals surface area contributed by atoms with Crippen molar-refractivity contribution in [2.45, 2.75) is 101 Å². The van der Waals surface area contributed by atoms with Crippen LogP contribution in [0.1, 0.15) is 48.8 Å². The number of para-hydroxylation sites is 1. The van der Waals surface area contributed by atoms with Gasteiger partial charge in [0.05, 0.1) is 11.1 Å². The number of pyridine rings is 1. The molecule has 5 heterocycles. The zero-order chi connectivity index (χ0) is 46.2. The van der Waals surface area contributed by atoms with Gasteiger partial charge in [-0.25, -0.2) is 9.59 Å². The number of halogens is 1. The third kappa shape index (κ3) is 11.5. The number of urea groups is 2. The van der Waals surface area contributed by atoms with Crippen LogP contribution in [0, 0.1) is 6.92 Å². The van der Waals surface area contributed by atoms with Crippen LogP contribution in [0.25, 0.3) is 0 Å². The summed E-state index contributed by atoms with van der Waals surface area (Å²) in [4.78, 5) is 67.4. The number of anilines is 2. The SMILES string of the molecule is Cc1cc(C[C@@H](NC(=O)N2CCC(N3Cc4ccccc4NC3=O)CC2)C(=O)N[C@@H](CCCCN)C(=O)N2CCN(c3ccncc3)CC2)cc(Br)c1O[C@H]1OC(CO)[C@@H](O)[C@H](O)C1O. The Labute approximate surface area is 386 Å². The molecule has 0 aliphatic carbocycles. The van der Waals surface area contributed by atoms with E-state index in [-0.39, 0.29) is 30.2 Å². The third-order valence-corrected chi connectivity index (χ3v) is 13.2. The fourth-order valence-corrected chi connectivity index (χ4v) is 9.62. The Bertz CT molecular complexity index is 2100. The number of aromatic nitrogens is 1. The number of nitrogens with one attached hydrogen (secondary N) is 3. The minimum atomic E-state index is -1.64. The van der Waals surface area contributed by atoms with Crippen molar-refractivity contribution in [3.05, 3.63) is 82.1 Å². The number of benzene rings is 2. The quantitative estimate of drug-likeness (QED) is 0.101. The molecule has 3 fully saturated rings. The minimum absolute atomic E-state index is 0.00941. The molecule has 7 rings (SSSR count). The molecule has 9 N–H and O–H groups in total. The molecule has 352 valence electrons. The van der Waals surface area contributed by atoms with Gasteiger partial charge in [-0.3, -0.25) is 14.6 Å². The van der Waals surface area contributed by atoms with Crippen LogP contribution in [0.3, 0.4) is 0 Å². The van der Waals surface area contributed by atoms with Crippen molar-refractivity contribution in [2.24, 2.45) is 5.73 Å². The average Bonchev–Trinajstić information content (AvgIpc) is 3.32. The lowest BCUT2D eigenvalue weighted by Gasteiger charge is -2.40. The molecule has 2 unspecified atom stereocenters. The lowest BCUT2D eigenvalue weighted by atomic mass is 9.99. The molecule has 3 aromatic rings. The number of carbonyl (C=O) groups excluding carboxylic acids is 4. The van der Waals surface area contributed by atoms with Gasteiger partial charge in [-0.15, -0.1) is 0 Å². The molecule has 20 heteroatoms. The van der Waals surface area contributed by atoms with E-state index < -0.39 is 61.3 Å². The van der Waals surface area contributed by atoms with Crippen molar-refractivity contribution in [1.29, 1.82) is 0 Å². The summed E-state index contributed by atoms with van der Waals surface area (Å²) in [7, 11) is 0. The first kappa shape index (κ1) is 47.9. The number of likely N-dealkylation sites (tertiary alicyclic amines) is 1. The molecule has 19 nitrogen and oxygen atoms in total. The van der Waals surface area contributed by atoms with Crippen molar-refractivity contribution in [3.8, 4) is 5.75 Å². The first-order chi connectivity index (χ1) is 31.3. The van der Waals surface area contributed by atoms with E-state index in [9.17, 15) is 39.6 Å². The molecule has 0 saturated carbocycles. The maximum atomic E-state index is 14.5. The number of aliphatic hydroxyl groups excluding tert-OH is 4. The monoisotopic (exact) mass is 965 g/mol. The van der Waals surface area contributed by atoms with Crippen LogP contribution < -0.4 is 31.3 Å². The number of aryl methyl sites for hydroxylation is 1. The van der Waals surface area contributed by atoms with Gasteiger partial charge in [0.25, 0.3) is 0 Å². The molecule has 65 heavy (non-hydrogen) atoms. The van der Waals surface area contributed by atoms with E-state index in [4.69, 9.17) is 15.2 Å². The fourth-order valence-electron chi connectivity index (χ4n) is 8.92. The minimum Gasteiger partial charge on any atom is -0.461 e. The summed E-state index contributed by atoms with van der Waals surface area (Å²) >= 11 is 3.53. The van der Waals surface area contributed by atoms with Crippen LogP contribution in [0.2, 0.25) is 0 Å². The van der Waals surface area contributed by atoms with Gasteiger partial charge in [0, 0.05) is 82.0 Å². The predicted molar refractivity (Wildman–Crippen MR) is 243 cm³/mol. The smallest absolute Gasteiger partial charge is 0.322 e. The number of rotatable bonds is 15. The highest BCUT2D eigenvalue weighted by molar-refractivity contribution is 9.10. The van der Waals surface area contributed by atoms with Crippen molar-refractivity contribution < 1.29 is 49.1 Å². The number of piperidine rings is 1. The van der Waals surface area contributed by atoms with E-state index in [1.165, 1.54) is 0 Å². The van der Waals surface area contributed by atoms with Crippen LogP contribution in [-0.2, 0) is 27.3 Å². The molecule has 4 aliphatic rings. The van der Waals surface area contributed by atoms with Gasteiger partial charge in [0.2, 0.25) is 18.1 Å².